The summed E-state index contributed by atoms with van der Waals surface area (Å²) in [6.07, 6.45) is 0. The van der Waals surface area contributed by atoms with Crippen LogP contribution in [-0.4, -0.2) is 25.9 Å². The van der Waals surface area contributed by atoms with Gasteiger partial charge in [0.15, 0.2) is 0 Å². The Morgan fingerprint density at radius 2 is 1.00 bits per heavy atom. The lowest BCUT2D eigenvalue weighted by molar-refractivity contribution is 0.480. The minimum atomic E-state index is -4.69. The summed E-state index contributed by atoms with van der Waals surface area (Å²) in [4.78, 5) is -1.14. The Balaban J connectivity index is 0.00000312. The molecule has 9 N–H and O–H groups in total. The molecule has 0 aliphatic heterocycles. The highest BCUT2D eigenvalue weighted by Crippen LogP contribution is 2.37. The Labute approximate surface area is 145 Å². The molecule has 0 aromatic heterocycles. The van der Waals surface area contributed by atoms with E-state index >= 15 is 0 Å². The van der Waals surface area contributed by atoms with Gasteiger partial charge in [-0.05, 0) is 49.2 Å². The summed E-state index contributed by atoms with van der Waals surface area (Å²) >= 11 is 0. The quantitative estimate of drug-likeness (QED) is 0.384. The average Bonchev–Trinajstić information content (AvgIpc) is 2.41. The molecular formula is C14H19N3O6S2. The first kappa shape index (κ1) is 20.9. The highest BCUT2D eigenvalue weighted by atomic mass is 32.2. The lowest BCUT2D eigenvalue weighted by Gasteiger charge is -2.15. The minimum absolute atomic E-state index is 0. The van der Waals surface area contributed by atoms with Crippen LogP contribution in [0.15, 0.2) is 34.1 Å². The zero-order chi connectivity index (χ0) is 18.4. The smallest absolute Gasteiger partial charge is 0.295 e. The monoisotopic (exact) mass is 389 g/mol. The van der Waals surface area contributed by atoms with E-state index in [2.05, 4.69) is 0 Å². The molecule has 2 aromatic rings. The van der Waals surface area contributed by atoms with Crippen molar-refractivity contribution >= 4 is 31.6 Å². The highest BCUT2D eigenvalue weighted by molar-refractivity contribution is 7.86. The van der Waals surface area contributed by atoms with Crippen LogP contribution in [0.4, 0.5) is 11.4 Å². The molecular weight excluding hydrogens is 370 g/mol. The molecule has 0 saturated heterocycles. The van der Waals surface area contributed by atoms with Crippen LogP contribution in [0.25, 0.3) is 11.1 Å². The Bertz CT molecular complexity index is 961. The van der Waals surface area contributed by atoms with Crippen LogP contribution in [0.3, 0.4) is 0 Å². The van der Waals surface area contributed by atoms with Gasteiger partial charge >= 0.3 is 0 Å². The molecule has 2 rings (SSSR count). The van der Waals surface area contributed by atoms with Crippen LogP contribution in [0.5, 0.6) is 0 Å². The second kappa shape index (κ2) is 6.61. The number of rotatable bonds is 3. The van der Waals surface area contributed by atoms with Crippen molar-refractivity contribution in [2.45, 2.75) is 23.6 Å². The standard InChI is InChI=1S/C14H16N2O6S2.H3N/c1-7-3-9(13(5-11(7)15)23(17,18)19)10-4-8(2)12(16)6-14(10)24(20,21)22;/h3-6H,15-16H2,1-2H3,(H,17,18,19)(H,20,21,22);1H3. The fourth-order valence-corrected chi connectivity index (χ4v) is 3.70. The van der Waals surface area contributed by atoms with Gasteiger partial charge in [0, 0.05) is 22.5 Å². The molecule has 0 radical (unpaired) electrons. The molecule has 0 bridgehead atoms. The van der Waals surface area contributed by atoms with E-state index < -0.39 is 30.0 Å². The molecule has 25 heavy (non-hydrogen) atoms. The van der Waals surface area contributed by atoms with Crippen molar-refractivity contribution in [3.63, 3.8) is 0 Å². The number of hydrogen-bond acceptors (Lipinski definition) is 7. The summed E-state index contributed by atoms with van der Waals surface area (Å²) in [5, 5.41) is 0. The predicted octanol–water partition coefficient (Wildman–Crippen LogP) is 1.79. The van der Waals surface area contributed by atoms with Gasteiger partial charge in [-0.2, -0.15) is 16.8 Å². The van der Waals surface area contributed by atoms with Gasteiger partial charge in [-0.3, -0.25) is 9.11 Å². The predicted molar refractivity (Wildman–Crippen MR) is 94.8 cm³/mol. The van der Waals surface area contributed by atoms with Gasteiger partial charge in [-0.15, -0.1) is 0 Å². The second-order valence-corrected chi connectivity index (χ2v) is 8.14. The zero-order valence-electron chi connectivity index (χ0n) is 13.5. The molecule has 138 valence electrons. The lowest BCUT2D eigenvalue weighted by atomic mass is 10.00. The molecule has 0 heterocycles. The molecule has 0 atom stereocenters. The van der Waals surface area contributed by atoms with E-state index in [1.807, 2.05) is 0 Å². The largest absolute Gasteiger partial charge is 0.398 e. The molecule has 9 nitrogen and oxygen atoms in total. The summed E-state index contributed by atoms with van der Waals surface area (Å²) in [7, 11) is -9.39. The molecule has 11 heteroatoms. The molecule has 0 unspecified atom stereocenters. The van der Waals surface area contributed by atoms with Crippen LogP contribution >= 0.6 is 0 Å². The van der Waals surface area contributed by atoms with Crippen molar-refractivity contribution in [3.05, 3.63) is 35.4 Å². The van der Waals surface area contributed by atoms with E-state index in [-0.39, 0.29) is 28.7 Å². The van der Waals surface area contributed by atoms with Crippen LogP contribution < -0.4 is 17.6 Å². The number of anilines is 2. The van der Waals surface area contributed by atoms with Gasteiger partial charge < -0.3 is 17.6 Å². The number of nitrogens with two attached hydrogens (primary N) is 2. The van der Waals surface area contributed by atoms with Crippen molar-refractivity contribution < 1.29 is 25.9 Å². The third-order valence-corrected chi connectivity index (χ3v) is 5.37. The lowest BCUT2D eigenvalue weighted by Crippen LogP contribution is -2.08. The van der Waals surface area contributed by atoms with Crippen molar-refractivity contribution in [1.29, 1.82) is 0 Å². The molecule has 0 aliphatic rings. The zero-order valence-corrected chi connectivity index (χ0v) is 15.1. The van der Waals surface area contributed by atoms with Crippen LogP contribution in [0.2, 0.25) is 0 Å². The van der Waals surface area contributed by atoms with E-state index in [0.717, 1.165) is 12.1 Å². The first-order valence-corrected chi connectivity index (χ1v) is 9.46. The third kappa shape index (κ3) is 4.08. The van der Waals surface area contributed by atoms with E-state index in [0.29, 0.717) is 11.1 Å². The summed E-state index contributed by atoms with van der Waals surface area (Å²) in [6.45, 7) is 3.17. The van der Waals surface area contributed by atoms with Crippen LogP contribution in [0.1, 0.15) is 11.1 Å². The van der Waals surface area contributed by atoms with Crippen LogP contribution in [0, 0.1) is 13.8 Å². The molecule has 0 spiro atoms. The SMILES string of the molecule is Cc1cc(-c2cc(C)c(N)cc2S(=O)(=O)O)c(S(=O)(=O)O)cc1N.N. The van der Waals surface area contributed by atoms with Gasteiger partial charge in [-0.1, -0.05) is 0 Å². The normalized spacial score (nSPS) is 11.8. The van der Waals surface area contributed by atoms with Crippen molar-refractivity contribution in [1.82, 2.24) is 6.15 Å². The first-order valence-electron chi connectivity index (χ1n) is 6.58. The van der Waals surface area contributed by atoms with E-state index in [4.69, 9.17) is 11.5 Å². The Hall–Kier alpha value is -2.18. The maximum Gasteiger partial charge on any atom is 0.295 e. The fourth-order valence-electron chi connectivity index (χ4n) is 2.26. The van der Waals surface area contributed by atoms with E-state index in [1.165, 1.54) is 12.1 Å². The Morgan fingerprint density at radius 1 is 0.720 bits per heavy atom. The van der Waals surface area contributed by atoms with Gasteiger partial charge in [0.2, 0.25) is 0 Å². The summed E-state index contributed by atoms with van der Waals surface area (Å²) < 4.78 is 65.6. The van der Waals surface area contributed by atoms with Gasteiger partial charge in [0.05, 0.1) is 0 Å². The Kier molecular flexibility index (Phi) is 5.52. The minimum Gasteiger partial charge on any atom is -0.398 e. The fraction of sp³-hybridized carbons (Fsp3) is 0.143. The maximum absolute atomic E-state index is 11.7. The van der Waals surface area contributed by atoms with Gasteiger partial charge in [0.25, 0.3) is 20.2 Å². The Morgan fingerprint density at radius 3 is 1.24 bits per heavy atom. The summed E-state index contributed by atoms with van der Waals surface area (Å²) in [6, 6.07) is 4.69. The average molecular weight is 389 g/mol. The first-order chi connectivity index (χ1) is 10.8. The number of aryl methyl sites for hydroxylation is 2. The topological polar surface area (TPSA) is 196 Å². The molecule has 0 amide bonds. The van der Waals surface area contributed by atoms with Crippen molar-refractivity contribution in [2.24, 2.45) is 0 Å². The summed E-state index contributed by atoms with van der Waals surface area (Å²) in [5.41, 5.74) is 12.3. The summed E-state index contributed by atoms with van der Waals surface area (Å²) in [5.74, 6) is 0. The van der Waals surface area contributed by atoms with E-state index in [1.54, 1.807) is 13.8 Å². The number of benzene rings is 2. The third-order valence-electron chi connectivity index (χ3n) is 3.58. The van der Waals surface area contributed by atoms with Crippen molar-refractivity contribution in [2.75, 3.05) is 11.5 Å². The number of nitrogen functional groups attached to an aromatic ring is 2. The van der Waals surface area contributed by atoms with Crippen molar-refractivity contribution in [3.8, 4) is 11.1 Å². The molecule has 0 fully saturated rings. The van der Waals surface area contributed by atoms with E-state index in [9.17, 15) is 25.9 Å². The molecule has 2 aromatic carbocycles. The maximum atomic E-state index is 11.7. The molecule has 0 saturated carbocycles. The number of hydrogen-bond donors (Lipinski definition) is 5. The van der Waals surface area contributed by atoms with Gasteiger partial charge in [-0.25, -0.2) is 0 Å². The molecule has 0 aliphatic carbocycles. The van der Waals surface area contributed by atoms with Crippen LogP contribution in [-0.2, 0) is 20.2 Å². The van der Waals surface area contributed by atoms with Gasteiger partial charge in [0.1, 0.15) is 9.79 Å². The second-order valence-electron chi connectivity index (χ2n) is 5.36. The highest BCUT2D eigenvalue weighted by Gasteiger charge is 2.25.